The highest BCUT2D eigenvalue weighted by atomic mass is 16.6. The first-order valence-corrected chi connectivity index (χ1v) is 13.3. The molecule has 39 heavy (non-hydrogen) atoms. The molecule has 6 nitrogen and oxygen atoms in total. The molecule has 0 amide bonds. The van der Waals surface area contributed by atoms with Gasteiger partial charge < -0.3 is 19.5 Å². The molecule has 200 valence electrons. The molecule has 0 fully saturated rings. The Kier molecular flexibility index (Phi) is 8.23. The molecule has 2 aliphatic rings. The molecule has 0 bridgehead atoms. The second-order valence-electron chi connectivity index (χ2n) is 9.90. The quantitative estimate of drug-likeness (QED) is 0.282. The predicted octanol–water partition coefficient (Wildman–Crippen LogP) is 5.82. The molecule has 1 aliphatic carbocycles. The molecule has 5 rings (SSSR count). The zero-order valence-electron chi connectivity index (χ0n) is 22.3. The third kappa shape index (κ3) is 5.96. The minimum atomic E-state index is -0.524. The number of methoxy groups -OCH3 is 1. The summed E-state index contributed by atoms with van der Waals surface area (Å²) in [6.07, 6.45) is 1.09. The summed E-state index contributed by atoms with van der Waals surface area (Å²) >= 11 is 0. The first-order chi connectivity index (χ1) is 19.0. The Bertz CT molecular complexity index is 1380. The molecule has 2 atom stereocenters. The lowest BCUT2D eigenvalue weighted by Gasteiger charge is -2.36. The van der Waals surface area contributed by atoms with E-state index in [1.54, 1.807) is 7.11 Å². The van der Waals surface area contributed by atoms with Crippen molar-refractivity contribution in [2.75, 3.05) is 20.3 Å². The molecule has 0 unspecified atom stereocenters. The topological polar surface area (TPSA) is 73.9 Å². The molecule has 1 aliphatic heterocycles. The van der Waals surface area contributed by atoms with Crippen LogP contribution in [0.25, 0.3) is 0 Å². The van der Waals surface area contributed by atoms with Gasteiger partial charge in [0.2, 0.25) is 0 Å². The largest absolute Gasteiger partial charge is 0.489 e. The van der Waals surface area contributed by atoms with Crippen molar-refractivity contribution < 1.29 is 23.8 Å². The fourth-order valence-electron chi connectivity index (χ4n) is 5.40. The minimum absolute atomic E-state index is 0.0432. The number of allylic oxidation sites excluding steroid dienone is 3. The standard InChI is InChI=1S/C33H33NO5/c1-22-30(33(36)38-18-17-37-2)31(25-13-15-27(16-14-25)39-21-23-9-5-3-6-10-23)32-28(34-22)19-26(20-29(32)35)24-11-7-4-8-12-24/h3-16,26,31,34H,17-21H2,1-2H3/t26-,31+/m1/s1. The van der Waals surface area contributed by atoms with E-state index >= 15 is 0 Å². The van der Waals surface area contributed by atoms with Crippen molar-refractivity contribution in [3.05, 3.63) is 124 Å². The second kappa shape index (κ2) is 12.1. The van der Waals surface area contributed by atoms with E-state index in [1.165, 1.54) is 0 Å². The number of dihydropyridines is 1. The average molecular weight is 524 g/mol. The van der Waals surface area contributed by atoms with Crippen LogP contribution in [-0.4, -0.2) is 32.1 Å². The second-order valence-corrected chi connectivity index (χ2v) is 9.90. The van der Waals surface area contributed by atoms with Gasteiger partial charge in [0, 0.05) is 36.4 Å². The van der Waals surface area contributed by atoms with Crippen LogP contribution in [0, 0.1) is 0 Å². The van der Waals surface area contributed by atoms with Gasteiger partial charge in [-0.3, -0.25) is 4.79 Å². The fraction of sp³-hybridized carbons (Fsp3) is 0.273. The van der Waals surface area contributed by atoms with Crippen LogP contribution in [0.1, 0.15) is 48.3 Å². The van der Waals surface area contributed by atoms with Crippen LogP contribution in [0.5, 0.6) is 5.75 Å². The number of nitrogens with one attached hydrogen (secondary N) is 1. The predicted molar refractivity (Wildman–Crippen MR) is 149 cm³/mol. The van der Waals surface area contributed by atoms with Crippen molar-refractivity contribution in [2.24, 2.45) is 0 Å². The molecule has 3 aromatic rings. The van der Waals surface area contributed by atoms with Gasteiger partial charge in [-0.15, -0.1) is 0 Å². The lowest BCUT2D eigenvalue weighted by atomic mass is 9.72. The number of carbonyl (C=O) groups excluding carboxylic acids is 2. The number of ether oxygens (including phenoxy) is 3. The van der Waals surface area contributed by atoms with Crippen LogP contribution in [0.2, 0.25) is 0 Å². The molecule has 1 heterocycles. The van der Waals surface area contributed by atoms with Crippen LogP contribution >= 0.6 is 0 Å². The number of carbonyl (C=O) groups is 2. The van der Waals surface area contributed by atoms with Crippen LogP contribution in [0.4, 0.5) is 0 Å². The van der Waals surface area contributed by atoms with Crippen LogP contribution in [-0.2, 0) is 25.7 Å². The first-order valence-electron chi connectivity index (χ1n) is 13.3. The molecular weight excluding hydrogens is 490 g/mol. The Morgan fingerprint density at radius 3 is 2.26 bits per heavy atom. The van der Waals surface area contributed by atoms with Crippen molar-refractivity contribution in [3.8, 4) is 5.75 Å². The van der Waals surface area contributed by atoms with Gasteiger partial charge in [0.15, 0.2) is 5.78 Å². The molecule has 0 radical (unpaired) electrons. The third-order valence-electron chi connectivity index (χ3n) is 7.30. The van der Waals surface area contributed by atoms with Crippen molar-refractivity contribution in [1.82, 2.24) is 5.32 Å². The van der Waals surface area contributed by atoms with E-state index in [1.807, 2.05) is 79.7 Å². The highest BCUT2D eigenvalue weighted by Gasteiger charge is 2.41. The number of benzene rings is 3. The Labute approximate surface area is 229 Å². The summed E-state index contributed by atoms with van der Waals surface area (Å²) in [6, 6.07) is 27.8. The van der Waals surface area contributed by atoms with Crippen molar-refractivity contribution in [3.63, 3.8) is 0 Å². The van der Waals surface area contributed by atoms with E-state index in [2.05, 4.69) is 17.4 Å². The minimum Gasteiger partial charge on any atom is -0.489 e. The van der Waals surface area contributed by atoms with Crippen molar-refractivity contribution in [2.45, 2.75) is 38.2 Å². The summed E-state index contributed by atoms with van der Waals surface area (Å²) in [4.78, 5) is 27.1. The molecule has 0 spiro atoms. The Hall–Kier alpha value is -4.16. The fourth-order valence-corrected chi connectivity index (χ4v) is 5.40. The summed E-state index contributed by atoms with van der Waals surface area (Å²) in [5.41, 5.74) is 5.74. The van der Waals surface area contributed by atoms with Gasteiger partial charge in [0.1, 0.15) is 19.0 Å². The van der Waals surface area contributed by atoms with Crippen LogP contribution < -0.4 is 10.1 Å². The van der Waals surface area contributed by atoms with E-state index in [0.717, 1.165) is 28.1 Å². The zero-order valence-corrected chi connectivity index (χ0v) is 22.3. The number of esters is 1. The molecule has 0 aromatic heterocycles. The van der Waals surface area contributed by atoms with E-state index in [-0.39, 0.29) is 18.3 Å². The van der Waals surface area contributed by atoms with Crippen LogP contribution in [0.15, 0.2) is 107 Å². The summed E-state index contributed by atoms with van der Waals surface area (Å²) in [5, 5.41) is 3.40. The van der Waals surface area contributed by atoms with Gasteiger partial charge in [-0.1, -0.05) is 72.8 Å². The van der Waals surface area contributed by atoms with Gasteiger partial charge in [0.05, 0.1) is 12.2 Å². The number of Topliss-reactive ketones (excluding diaryl/α,β-unsaturated/α-hetero) is 1. The summed E-state index contributed by atoms with van der Waals surface area (Å²) in [6.45, 7) is 2.77. The lowest BCUT2D eigenvalue weighted by Crippen LogP contribution is -2.36. The highest BCUT2D eigenvalue weighted by Crippen LogP contribution is 2.45. The van der Waals surface area contributed by atoms with Gasteiger partial charge in [-0.2, -0.15) is 0 Å². The zero-order chi connectivity index (χ0) is 27.2. The Balaban J connectivity index is 1.46. The maximum Gasteiger partial charge on any atom is 0.336 e. The van der Waals surface area contributed by atoms with Crippen LogP contribution in [0.3, 0.4) is 0 Å². The van der Waals surface area contributed by atoms with Crippen molar-refractivity contribution >= 4 is 11.8 Å². The number of hydrogen-bond acceptors (Lipinski definition) is 6. The SMILES string of the molecule is COCCOC(=O)C1=C(C)NC2=C(C(=O)C[C@H](c3ccccc3)C2)[C@H]1c1ccc(OCc2ccccc2)cc1. The maximum absolute atomic E-state index is 13.7. The summed E-state index contributed by atoms with van der Waals surface area (Å²) < 4.78 is 16.6. The molecule has 0 saturated heterocycles. The first kappa shape index (κ1) is 26.4. The van der Waals surface area contributed by atoms with Crippen molar-refractivity contribution in [1.29, 1.82) is 0 Å². The molecule has 6 heteroatoms. The molecule has 3 aromatic carbocycles. The molecular formula is C33H33NO5. The Morgan fingerprint density at radius 2 is 1.56 bits per heavy atom. The number of ketones is 1. The summed E-state index contributed by atoms with van der Waals surface area (Å²) in [7, 11) is 1.56. The Morgan fingerprint density at radius 1 is 0.872 bits per heavy atom. The van der Waals surface area contributed by atoms with Gasteiger partial charge in [0.25, 0.3) is 0 Å². The normalized spacial score (nSPS) is 18.9. The average Bonchev–Trinajstić information content (AvgIpc) is 2.96. The van der Waals surface area contributed by atoms with E-state index < -0.39 is 11.9 Å². The molecule has 0 saturated carbocycles. The summed E-state index contributed by atoms with van der Waals surface area (Å²) in [5.74, 6) is -0.126. The maximum atomic E-state index is 13.7. The van der Waals surface area contributed by atoms with E-state index in [4.69, 9.17) is 14.2 Å². The monoisotopic (exact) mass is 523 g/mol. The third-order valence-corrected chi connectivity index (χ3v) is 7.30. The molecule has 1 N–H and O–H groups in total. The van der Waals surface area contributed by atoms with Gasteiger partial charge in [-0.05, 0) is 48.1 Å². The number of hydrogen-bond donors (Lipinski definition) is 1. The lowest BCUT2D eigenvalue weighted by molar-refractivity contribution is -0.140. The number of rotatable bonds is 9. The van der Waals surface area contributed by atoms with E-state index in [9.17, 15) is 9.59 Å². The van der Waals surface area contributed by atoms with Gasteiger partial charge in [-0.25, -0.2) is 4.79 Å². The van der Waals surface area contributed by atoms with E-state index in [0.29, 0.717) is 42.9 Å². The van der Waals surface area contributed by atoms with Gasteiger partial charge >= 0.3 is 5.97 Å². The smallest absolute Gasteiger partial charge is 0.336 e. The highest BCUT2D eigenvalue weighted by molar-refractivity contribution is 6.04.